The van der Waals surface area contributed by atoms with Crippen molar-refractivity contribution < 1.29 is 14.7 Å². The van der Waals surface area contributed by atoms with Gasteiger partial charge < -0.3 is 16.2 Å². The molecule has 5 nitrogen and oxygen atoms in total. The predicted octanol–water partition coefficient (Wildman–Crippen LogP) is 1.28. The molecule has 1 aromatic rings. The van der Waals surface area contributed by atoms with Crippen molar-refractivity contribution in [3.05, 3.63) is 35.9 Å². The molecule has 0 aromatic heterocycles. The molecule has 0 bridgehead atoms. The molecule has 0 aliphatic rings. The molecule has 0 saturated carbocycles. The van der Waals surface area contributed by atoms with Gasteiger partial charge in [0.05, 0.1) is 0 Å². The first-order valence-electron chi connectivity index (χ1n) is 4.15. The van der Waals surface area contributed by atoms with Crippen LogP contribution in [0.15, 0.2) is 30.3 Å². The van der Waals surface area contributed by atoms with Gasteiger partial charge in [-0.1, -0.05) is 12.1 Å². The number of carboxylic acid groups (broad SMARTS) is 1. The minimum atomic E-state index is -1.01. The van der Waals surface area contributed by atoms with E-state index < -0.39 is 12.0 Å². The number of urea groups is 1. The van der Waals surface area contributed by atoms with Gasteiger partial charge >= 0.3 is 12.0 Å². The molecule has 0 spiro atoms. The topological polar surface area (TPSA) is 92.4 Å². The van der Waals surface area contributed by atoms with Crippen molar-refractivity contribution >= 4 is 23.8 Å². The monoisotopic (exact) mass is 206 g/mol. The molecule has 0 heterocycles. The van der Waals surface area contributed by atoms with Gasteiger partial charge in [0.1, 0.15) is 0 Å². The van der Waals surface area contributed by atoms with Crippen LogP contribution in [0, 0.1) is 0 Å². The number of carbonyl (C=O) groups excluding carboxylic acids is 1. The molecule has 5 heteroatoms. The van der Waals surface area contributed by atoms with Gasteiger partial charge in [-0.15, -0.1) is 0 Å². The third-order valence-corrected chi connectivity index (χ3v) is 1.60. The average molecular weight is 206 g/mol. The highest BCUT2D eigenvalue weighted by Crippen LogP contribution is 2.10. The molecule has 1 rings (SSSR count). The zero-order valence-corrected chi connectivity index (χ0v) is 7.81. The number of amides is 2. The molecular formula is C10H10N2O3. The number of anilines is 1. The minimum absolute atomic E-state index is 0.565. The predicted molar refractivity (Wildman–Crippen MR) is 56.3 cm³/mol. The molecule has 0 aliphatic carbocycles. The Morgan fingerprint density at radius 1 is 1.27 bits per heavy atom. The lowest BCUT2D eigenvalue weighted by molar-refractivity contribution is -0.131. The van der Waals surface area contributed by atoms with E-state index in [0.29, 0.717) is 5.69 Å². The van der Waals surface area contributed by atoms with Gasteiger partial charge in [0, 0.05) is 11.8 Å². The number of nitrogens with one attached hydrogen (secondary N) is 1. The van der Waals surface area contributed by atoms with Crippen molar-refractivity contribution in [2.45, 2.75) is 0 Å². The lowest BCUT2D eigenvalue weighted by atomic mass is 10.2. The van der Waals surface area contributed by atoms with Gasteiger partial charge in [0.15, 0.2) is 0 Å². The van der Waals surface area contributed by atoms with Crippen molar-refractivity contribution in [1.29, 1.82) is 0 Å². The third-order valence-electron chi connectivity index (χ3n) is 1.60. The maximum absolute atomic E-state index is 10.5. The Morgan fingerprint density at radius 2 is 1.87 bits per heavy atom. The van der Waals surface area contributed by atoms with E-state index in [2.05, 4.69) is 5.32 Å². The number of aliphatic carboxylic acids is 1. The quantitative estimate of drug-likeness (QED) is 0.650. The summed E-state index contributed by atoms with van der Waals surface area (Å²) in [4.78, 5) is 20.7. The van der Waals surface area contributed by atoms with Crippen molar-refractivity contribution in [2.24, 2.45) is 5.73 Å². The van der Waals surface area contributed by atoms with Crippen LogP contribution in [0.25, 0.3) is 6.08 Å². The molecule has 15 heavy (non-hydrogen) atoms. The van der Waals surface area contributed by atoms with Gasteiger partial charge in [-0.3, -0.25) is 0 Å². The highest BCUT2D eigenvalue weighted by atomic mass is 16.4. The fraction of sp³-hybridized carbons (Fsp3) is 0. The summed E-state index contributed by atoms with van der Waals surface area (Å²) in [5, 5.41) is 10.8. The van der Waals surface area contributed by atoms with Gasteiger partial charge in [0.25, 0.3) is 0 Å². The third kappa shape index (κ3) is 3.95. The van der Waals surface area contributed by atoms with E-state index in [0.717, 1.165) is 11.6 Å². The lowest BCUT2D eigenvalue weighted by Gasteiger charge is -2.00. The van der Waals surface area contributed by atoms with E-state index in [1.165, 1.54) is 6.08 Å². The maximum Gasteiger partial charge on any atom is 0.328 e. The van der Waals surface area contributed by atoms with E-state index in [1.54, 1.807) is 24.3 Å². The van der Waals surface area contributed by atoms with E-state index in [1.807, 2.05) is 0 Å². The molecule has 0 aliphatic heterocycles. The molecule has 78 valence electrons. The number of rotatable bonds is 3. The molecule has 0 radical (unpaired) electrons. The van der Waals surface area contributed by atoms with Crippen LogP contribution in [0.3, 0.4) is 0 Å². The van der Waals surface area contributed by atoms with Gasteiger partial charge in [-0.2, -0.15) is 0 Å². The summed E-state index contributed by atoms with van der Waals surface area (Å²) in [6.45, 7) is 0. The first-order chi connectivity index (χ1) is 7.08. The van der Waals surface area contributed by atoms with Crippen LogP contribution in [-0.2, 0) is 4.79 Å². The van der Waals surface area contributed by atoms with Crippen LogP contribution >= 0.6 is 0 Å². The van der Waals surface area contributed by atoms with Crippen LogP contribution in [-0.4, -0.2) is 17.1 Å². The summed E-state index contributed by atoms with van der Waals surface area (Å²) in [5.41, 5.74) is 6.21. The van der Waals surface area contributed by atoms with Crippen molar-refractivity contribution in [3.63, 3.8) is 0 Å². The zero-order valence-electron chi connectivity index (χ0n) is 7.81. The molecule has 0 unspecified atom stereocenters. The second-order valence-electron chi connectivity index (χ2n) is 2.78. The smallest absolute Gasteiger partial charge is 0.328 e. The number of carboxylic acids is 1. The lowest BCUT2D eigenvalue weighted by Crippen LogP contribution is -2.19. The first-order valence-corrected chi connectivity index (χ1v) is 4.15. The SMILES string of the molecule is NC(=O)Nc1ccc(C=CC(=O)O)cc1. The fourth-order valence-corrected chi connectivity index (χ4v) is 0.987. The van der Waals surface area contributed by atoms with E-state index in [-0.39, 0.29) is 0 Å². The Morgan fingerprint density at radius 3 is 2.33 bits per heavy atom. The van der Waals surface area contributed by atoms with E-state index in [4.69, 9.17) is 10.8 Å². The number of primary amides is 1. The Hall–Kier alpha value is -2.30. The standard InChI is InChI=1S/C10H10N2O3/c11-10(15)12-8-4-1-7(2-5-8)3-6-9(13)14/h1-6H,(H,13,14)(H3,11,12,15). The Bertz CT molecular complexity index is 396. The molecule has 2 amide bonds. The number of carbonyl (C=O) groups is 2. The van der Waals surface area contributed by atoms with Crippen molar-refractivity contribution in [3.8, 4) is 0 Å². The largest absolute Gasteiger partial charge is 0.478 e. The fourth-order valence-electron chi connectivity index (χ4n) is 0.987. The Balaban J connectivity index is 2.72. The highest BCUT2D eigenvalue weighted by Gasteiger charge is 1.95. The maximum atomic E-state index is 10.5. The van der Waals surface area contributed by atoms with Crippen molar-refractivity contribution in [2.75, 3.05) is 5.32 Å². The number of hydrogen-bond donors (Lipinski definition) is 3. The molecule has 0 fully saturated rings. The highest BCUT2D eigenvalue weighted by molar-refractivity contribution is 5.88. The molecule has 1 aromatic carbocycles. The van der Waals surface area contributed by atoms with Crippen LogP contribution in [0.1, 0.15) is 5.56 Å². The van der Waals surface area contributed by atoms with Gasteiger partial charge in [0.2, 0.25) is 0 Å². The van der Waals surface area contributed by atoms with Crippen LogP contribution in [0.4, 0.5) is 10.5 Å². The first kappa shape index (κ1) is 10.8. The molecular weight excluding hydrogens is 196 g/mol. The molecule has 0 atom stereocenters. The van der Waals surface area contributed by atoms with E-state index >= 15 is 0 Å². The molecule has 4 N–H and O–H groups in total. The summed E-state index contributed by atoms with van der Waals surface area (Å²) < 4.78 is 0. The summed E-state index contributed by atoms with van der Waals surface area (Å²) in [7, 11) is 0. The summed E-state index contributed by atoms with van der Waals surface area (Å²) in [6.07, 6.45) is 2.49. The number of benzene rings is 1. The summed E-state index contributed by atoms with van der Waals surface area (Å²) in [5.74, 6) is -1.01. The summed E-state index contributed by atoms with van der Waals surface area (Å²) in [6, 6.07) is 5.97. The van der Waals surface area contributed by atoms with Crippen LogP contribution < -0.4 is 11.1 Å². The van der Waals surface area contributed by atoms with Crippen LogP contribution in [0.5, 0.6) is 0 Å². The number of hydrogen-bond acceptors (Lipinski definition) is 2. The molecule has 0 saturated heterocycles. The average Bonchev–Trinajstić information content (AvgIpc) is 2.16. The second kappa shape index (κ2) is 4.80. The van der Waals surface area contributed by atoms with Gasteiger partial charge in [-0.25, -0.2) is 9.59 Å². The Kier molecular flexibility index (Phi) is 3.45. The minimum Gasteiger partial charge on any atom is -0.478 e. The number of nitrogens with two attached hydrogens (primary N) is 1. The normalized spacial score (nSPS) is 10.1. The Labute approximate surface area is 86.2 Å². The zero-order chi connectivity index (χ0) is 11.3. The summed E-state index contributed by atoms with van der Waals surface area (Å²) >= 11 is 0. The second-order valence-corrected chi connectivity index (χ2v) is 2.78. The van der Waals surface area contributed by atoms with Gasteiger partial charge in [-0.05, 0) is 23.8 Å². The van der Waals surface area contributed by atoms with E-state index in [9.17, 15) is 9.59 Å². The van der Waals surface area contributed by atoms with Crippen molar-refractivity contribution in [1.82, 2.24) is 0 Å². The van der Waals surface area contributed by atoms with Crippen LogP contribution in [0.2, 0.25) is 0 Å².